The molecule has 1 heterocycles. The van der Waals surface area contributed by atoms with Gasteiger partial charge in [-0.3, -0.25) is 14.5 Å². The Labute approximate surface area is 171 Å². The average molecular weight is 423 g/mol. The lowest BCUT2D eigenvalue weighted by Gasteiger charge is -2.30. The van der Waals surface area contributed by atoms with Gasteiger partial charge in [0.05, 0.1) is 12.1 Å². The number of amides is 2. The molecule has 2 N–H and O–H groups in total. The van der Waals surface area contributed by atoms with E-state index in [4.69, 9.17) is 0 Å². The molecule has 0 bridgehead atoms. The van der Waals surface area contributed by atoms with Crippen LogP contribution in [0.3, 0.4) is 0 Å². The van der Waals surface area contributed by atoms with E-state index in [0.29, 0.717) is 37.3 Å². The summed E-state index contributed by atoms with van der Waals surface area (Å²) in [5, 5.41) is 5.34. The zero-order valence-corrected chi connectivity index (χ0v) is 16.0. The molecule has 0 aromatic heterocycles. The van der Waals surface area contributed by atoms with Crippen LogP contribution in [0.15, 0.2) is 48.5 Å². The number of rotatable bonds is 5. The number of hydrogen-bond donors (Lipinski definition) is 2. The fraction of sp³-hybridized carbons (Fsp3) is 0.333. The largest absolute Gasteiger partial charge is 0.416 e. The number of anilines is 2. The van der Waals surface area contributed by atoms with Crippen LogP contribution >= 0.6 is 0 Å². The van der Waals surface area contributed by atoms with E-state index in [1.165, 1.54) is 36.4 Å². The molecule has 9 heteroatoms. The fourth-order valence-electron chi connectivity index (χ4n) is 3.28. The number of nitrogens with one attached hydrogen (secondary N) is 2. The van der Waals surface area contributed by atoms with Crippen molar-refractivity contribution in [2.24, 2.45) is 5.92 Å². The Morgan fingerprint density at radius 1 is 0.900 bits per heavy atom. The van der Waals surface area contributed by atoms with Crippen LogP contribution in [0.2, 0.25) is 0 Å². The molecular weight excluding hydrogens is 402 g/mol. The van der Waals surface area contributed by atoms with E-state index < -0.39 is 11.7 Å². The number of alkyl halides is 3. The number of hydrogen-bond acceptors (Lipinski definition) is 3. The van der Waals surface area contributed by atoms with Gasteiger partial charge in [-0.1, -0.05) is 0 Å². The van der Waals surface area contributed by atoms with Crippen molar-refractivity contribution >= 4 is 23.2 Å². The third-order valence-corrected chi connectivity index (χ3v) is 4.93. The highest BCUT2D eigenvalue weighted by atomic mass is 19.4. The van der Waals surface area contributed by atoms with E-state index in [9.17, 15) is 27.2 Å². The Morgan fingerprint density at radius 3 is 2.00 bits per heavy atom. The molecule has 0 aliphatic carbocycles. The number of nitrogens with zero attached hydrogens (tertiary/aromatic N) is 1. The number of benzene rings is 2. The van der Waals surface area contributed by atoms with Gasteiger partial charge in [-0.2, -0.15) is 13.2 Å². The van der Waals surface area contributed by atoms with Crippen LogP contribution in [0.4, 0.5) is 28.9 Å². The van der Waals surface area contributed by atoms with E-state index in [1.54, 1.807) is 0 Å². The van der Waals surface area contributed by atoms with Crippen molar-refractivity contribution in [2.45, 2.75) is 19.0 Å². The van der Waals surface area contributed by atoms with Gasteiger partial charge in [0.1, 0.15) is 5.82 Å². The summed E-state index contributed by atoms with van der Waals surface area (Å²) in [6.07, 6.45) is -3.34. The molecule has 2 amide bonds. The molecule has 30 heavy (non-hydrogen) atoms. The van der Waals surface area contributed by atoms with Crippen molar-refractivity contribution in [1.29, 1.82) is 0 Å². The molecule has 0 spiro atoms. The van der Waals surface area contributed by atoms with Crippen molar-refractivity contribution in [3.63, 3.8) is 0 Å². The highest BCUT2D eigenvalue weighted by molar-refractivity contribution is 5.93. The molecule has 0 unspecified atom stereocenters. The number of likely N-dealkylation sites (tertiary alicyclic amines) is 1. The minimum Gasteiger partial charge on any atom is -0.326 e. The summed E-state index contributed by atoms with van der Waals surface area (Å²) in [6, 6.07) is 9.80. The quantitative estimate of drug-likeness (QED) is 0.711. The molecule has 1 saturated heterocycles. The Kier molecular flexibility index (Phi) is 6.71. The van der Waals surface area contributed by atoms with Crippen LogP contribution in [0.25, 0.3) is 0 Å². The third-order valence-electron chi connectivity index (χ3n) is 4.93. The number of carbonyl (C=O) groups excluding carboxylic acids is 2. The van der Waals surface area contributed by atoms with Gasteiger partial charge in [0.15, 0.2) is 0 Å². The van der Waals surface area contributed by atoms with Crippen molar-refractivity contribution in [3.05, 3.63) is 59.9 Å². The van der Waals surface area contributed by atoms with E-state index in [2.05, 4.69) is 10.6 Å². The van der Waals surface area contributed by atoms with Crippen LogP contribution < -0.4 is 10.6 Å². The van der Waals surface area contributed by atoms with Crippen molar-refractivity contribution in [2.75, 3.05) is 30.3 Å². The van der Waals surface area contributed by atoms with Crippen molar-refractivity contribution < 1.29 is 27.2 Å². The SMILES string of the molecule is O=C(CN1CCC(C(=O)Nc2ccc(C(F)(F)F)cc2)CC1)Nc1ccc(F)cc1. The average Bonchev–Trinajstić information content (AvgIpc) is 2.70. The van der Waals surface area contributed by atoms with Gasteiger partial charge in [0.2, 0.25) is 11.8 Å². The lowest BCUT2D eigenvalue weighted by Crippen LogP contribution is -2.41. The number of piperidine rings is 1. The summed E-state index contributed by atoms with van der Waals surface area (Å²) in [6.45, 7) is 1.24. The maximum atomic E-state index is 12.9. The molecule has 3 rings (SSSR count). The Hall–Kier alpha value is -2.94. The Morgan fingerprint density at radius 2 is 1.43 bits per heavy atom. The third kappa shape index (κ3) is 6.03. The normalized spacial score (nSPS) is 15.6. The molecule has 0 atom stereocenters. The molecular formula is C21H21F4N3O2. The van der Waals surface area contributed by atoms with Crippen molar-refractivity contribution in [3.8, 4) is 0 Å². The maximum absolute atomic E-state index is 12.9. The number of carbonyl (C=O) groups is 2. The first-order valence-electron chi connectivity index (χ1n) is 9.46. The zero-order valence-electron chi connectivity index (χ0n) is 16.0. The lowest BCUT2D eigenvalue weighted by molar-refractivity contribution is -0.137. The summed E-state index contributed by atoms with van der Waals surface area (Å²) in [4.78, 5) is 26.4. The smallest absolute Gasteiger partial charge is 0.326 e. The van der Waals surface area contributed by atoms with Crippen LogP contribution in [-0.4, -0.2) is 36.3 Å². The topological polar surface area (TPSA) is 61.4 Å². The Balaban J connectivity index is 1.43. The van der Waals surface area contributed by atoms with Crippen LogP contribution in [0.5, 0.6) is 0 Å². The summed E-state index contributed by atoms with van der Waals surface area (Å²) in [7, 11) is 0. The lowest BCUT2D eigenvalue weighted by atomic mass is 9.95. The van der Waals surface area contributed by atoms with Gasteiger partial charge in [-0.05, 0) is 74.5 Å². The molecule has 1 aliphatic rings. The molecule has 0 radical (unpaired) electrons. The first-order valence-corrected chi connectivity index (χ1v) is 9.46. The van der Waals surface area contributed by atoms with E-state index in [0.717, 1.165) is 12.1 Å². The van der Waals surface area contributed by atoms with Crippen LogP contribution in [0.1, 0.15) is 18.4 Å². The minimum atomic E-state index is -4.42. The summed E-state index contributed by atoms with van der Waals surface area (Å²) in [5.74, 6) is -1.13. The van der Waals surface area contributed by atoms with E-state index >= 15 is 0 Å². The van der Waals surface area contributed by atoms with Crippen LogP contribution in [0, 0.1) is 11.7 Å². The minimum absolute atomic E-state index is 0.157. The zero-order chi connectivity index (χ0) is 21.7. The molecule has 1 aliphatic heterocycles. The van der Waals surface area contributed by atoms with Gasteiger partial charge in [0, 0.05) is 17.3 Å². The van der Waals surface area contributed by atoms with Crippen LogP contribution in [-0.2, 0) is 15.8 Å². The molecule has 5 nitrogen and oxygen atoms in total. The summed E-state index contributed by atoms with van der Waals surface area (Å²) < 4.78 is 50.7. The second-order valence-corrected chi connectivity index (χ2v) is 7.17. The molecule has 2 aromatic rings. The monoisotopic (exact) mass is 423 g/mol. The molecule has 1 fully saturated rings. The number of halogens is 4. The molecule has 2 aromatic carbocycles. The Bertz CT molecular complexity index is 875. The highest BCUT2D eigenvalue weighted by Crippen LogP contribution is 2.30. The predicted molar refractivity (Wildman–Crippen MR) is 104 cm³/mol. The van der Waals surface area contributed by atoms with Gasteiger partial charge in [-0.15, -0.1) is 0 Å². The predicted octanol–water partition coefficient (Wildman–Crippen LogP) is 4.13. The first kappa shape index (κ1) is 21.8. The fourth-order valence-corrected chi connectivity index (χ4v) is 3.28. The molecule has 0 saturated carbocycles. The summed E-state index contributed by atoms with van der Waals surface area (Å²) >= 11 is 0. The summed E-state index contributed by atoms with van der Waals surface area (Å²) in [5.41, 5.74) is 0.0500. The van der Waals surface area contributed by atoms with Gasteiger partial charge < -0.3 is 10.6 Å². The van der Waals surface area contributed by atoms with Gasteiger partial charge in [0.25, 0.3) is 0 Å². The van der Waals surface area contributed by atoms with E-state index in [-0.39, 0.29) is 30.1 Å². The van der Waals surface area contributed by atoms with Gasteiger partial charge >= 0.3 is 6.18 Å². The molecule has 160 valence electrons. The highest BCUT2D eigenvalue weighted by Gasteiger charge is 2.30. The maximum Gasteiger partial charge on any atom is 0.416 e. The van der Waals surface area contributed by atoms with Gasteiger partial charge in [-0.25, -0.2) is 4.39 Å². The second kappa shape index (κ2) is 9.25. The standard InChI is InChI=1S/C21H21F4N3O2/c22-16-3-7-17(8-4-16)26-19(29)13-28-11-9-14(10-12-28)20(30)27-18-5-1-15(2-6-18)21(23,24)25/h1-8,14H,9-13H2,(H,26,29)(H,27,30). The second-order valence-electron chi connectivity index (χ2n) is 7.17. The first-order chi connectivity index (χ1) is 14.2. The van der Waals surface area contributed by atoms with Crippen molar-refractivity contribution in [1.82, 2.24) is 4.90 Å². The van der Waals surface area contributed by atoms with E-state index in [1.807, 2.05) is 4.90 Å².